The molecule has 0 spiro atoms. The number of hydrogen-bond donors (Lipinski definition) is 0. The quantitative estimate of drug-likeness (QED) is 0.811. The van der Waals surface area contributed by atoms with Crippen LogP contribution in [0.2, 0.25) is 0 Å². The van der Waals surface area contributed by atoms with E-state index in [9.17, 15) is 9.18 Å². The van der Waals surface area contributed by atoms with Crippen molar-refractivity contribution in [1.82, 2.24) is 14.9 Å². The normalized spacial score (nSPS) is 24.4. The highest BCUT2D eigenvalue weighted by molar-refractivity contribution is 5.90. The van der Waals surface area contributed by atoms with Gasteiger partial charge in [0.05, 0.1) is 23.1 Å². The fourth-order valence-electron chi connectivity index (χ4n) is 4.25. The van der Waals surface area contributed by atoms with Gasteiger partial charge in [-0.3, -0.25) is 4.79 Å². The summed E-state index contributed by atoms with van der Waals surface area (Å²) >= 11 is 0. The number of nitrogens with zero attached hydrogens (tertiary/aromatic N) is 4. The minimum absolute atomic E-state index is 0.0108. The second-order valence-electron chi connectivity index (χ2n) is 7.59. The Hall–Kier alpha value is -2.28. The molecule has 144 valence electrons. The van der Waals surface area contributed by atoms with Gasteiger partial charge in [-0.2, -0.15) is 0 Å². The fraction of sp³-hybridized carbons (Fsp3) is 0.550. The first-order valence-corrected chi connectivity index (χ1v) is 9.61. The molecule has 2 aliphatic heterocycles. The summed E-state index contributed by atoms with van der Waals surface area (Å²) in [6.45, 7) is 6.70. The number of morpholine rings is 1. The predicted molar refractivity (Wildman–Crippen MR) is 101 cm³/mol. The highest BCUT2D eigenvalue weighted by Crippen LogP contribution is 2.30. The van der Waals surface area contributed by atoms with Crippen molar-refractivity contribution < 1.29 is 13.9 Å². The smallest absolute Gasteiger partial charge is 0.225 e. The van der Waals surface area contributed by atoms with Crippen molar-refractivity contribution in [3.8, 4) is 0 Å². The van der Waals surface area contributed by atoms with Gasteiger partial charge < -0.3 is 14.5 Å². The average molecular weight is 372 g/mol. The molecule has 4 rings (SSSR count). The molecular formula is C20H25FN4O2. The number of hydrogen-bond acceptors (Lipinski definition) is 5. The maximum absolute atomic E-state index is 14.3. The SMILES string of the molecule is CC1CN(C(=O)C2CCN(c3ncnc4cccc(F)c34)CC2)CC(C)O1. The first-order chi connectivity index (χ1) is 13.0. The van der Waals surface area contributed by atoms with E-state index in [1.54, 1.807) is 12.1 Å². The fourth-order valence-corrected chi connectivity index (χ4v) is 4.25. The van der Waals surface area contributed by atoms with Crippen LogP contribution < -0.4 is 4.90 Å². The summed E-state index contributed by atoms with van der Waals surface area (Å²) < 4.78 is 20.1. The molecule has 2 unspecified atom stereocenters. The van der Waals surface area contributed by atoms with Gasteiger partial charge in [0.2, 0.25) is 5.91 Å². The van der Waals surface area contributed by atoms with E-state index in [1.165, 1.54) is 12.4 Å². The lowest BCUT2D eigenvalue weighted by Gasteiger charge is -2.39. The lowest BCUT2D eigenvalue weighted by molar-refractivity contribution is -0.148. The third-order valence-electron chi connectivity index (χ3n) is 5.47. The van der Waals surface area contributed by atoms with Crippen molar-refractivity contribution >= 4 is 22.6 Å². The Morgan fingerprint density at radius 2 is 1.85 bits per heavy atom. The molecule has 2 saturated heterocycles. The summed E-state index contributed by atoms with van der Waals surface area (Å²) in [6.07, 6.45) is 3.13. The molecule has 1 amide bonds. The number of piperidine rings is 1. The Morgan fingerprint density at radius 1 is 1.15 bits per heavy atom. The Kier molecular flexibility index (Phi) is 4.95. The molecule has 2 fully saturated rings. The number of benzene rings is 1. The van der Waals surface area contributed by atoms with E-state index in [4.69, 9.17) is 4.74 Å². The van der Waals surface area contributed by atoms with Gasteiger partial charge in [-0.25, -0.2) is 14.4 Å². The summed E-state index contributed by atoms with van der Waals surface area (Å²) in [4.78, 5) is 25.4. The predicted octanol–water partition coefficient (Wildman–Crippen LogP) is 2.62. The third kappa shape index (κ3) is 3.60. The van der Waals surface area contributed by atoms with Crippen LogP contribution in [0.4, 0.5) is 10.2 Å². The van der Waals surface area contributed by atoms with E-state index in [1.807, 2.05) is 18.7 Å². The molecule has 6 nitrogen and oxygen atoms in total. The number of carbonyl (C=O) groups excluding carboxylic acids is 1. The monoisotopic (exact) mass is 372 g/mol. The van der Waals surface area contributed by atoms with Gasteiger partial charge in [-0.1, -0.05) is 6.07 Å². The number of fused-ring (bicyclic) bond motifs is 1. The van der Waals surface area contributed by atoms with Gasteiger partial charge in [0.15, 0.2) is 0 Å². The summed E-state index contributed by atoms with van der Waals surface area (Å²) in [7, 11) is 0. The Morgan fingerprint density at radius 3 is 2.56 bits per heavy atom. The van der Waals surface area contributed by atoms with E-state index in [-0.39, 0.29) is 29.9 Å². The maximum Gasteiger partial charge on any atom is 0.225 e. The molecule has 0 saturated carbocycles. The number of anilines is 1. The number of halogens is 1. The van der Waals surface area contributed by atoms with Crippen LogP contribution in [-0.4, -0.2) is 59.2 Å². The van der Waals surface area contributed by atoms with Gasteiger partial charge in [0.25, 0.3) is 0 Å². The number of amides is 1. The first kappa shape index (κ1) is 18.1. The molecule has 2 atom stereocenters. The molecule has 0 aliphatic carbocycles. The van der Waals surface area contributed by atoms with E-state index in [2.05, 4.69) is 14.9 Å². The molecule has 27 heavy (non-hydrogen) atoms. The molecular weight excluding hydrogens is 347 g/mol. The molecule has 2 aliphatic rings. The molecule has 3 heterocycles. The number of ether oxygens (including phenoxy) is 1. The minimum atomic E-state index is -0.308. The van der Waals surface area contributed by atoms with Crippen LogP contribution in [-0.2, 0) is 9.53 Å². The summed E-state index contributed by atoms with van der Waals surface area (Å²) in [6, 6.07) is 4.89. The molecule has 0 N–H and O–H groups in total. The minimum Gasteiger partial charge on any atom is -0.372 e. The van der Waals surface area contributed by atoms with Crippen molar-refractivity contribution in [2.24, 2.45) is 5.92 Å². The topological polar surface area (TPSA) is 58.6 Å². The second kappa shape index (κ2) is 7.38. The Balaban J connectivity index is 1.46. The third-order valence-corrected chi connectivity index (χ3v) is 5.47. The number of aromatic nitrogens is 2. The summed E-state index contributed by atoms with van der Waals surface area (Å²) in [5, 5.41) is 0.459. The molecule has 1 aromatic heterocycles. The van der Waals surface area contributed by atoms with Crippen molar-refractivity contribution in [3.05, 3.63) is 30.3 Å². The zero-order chi connectivity index (χ0) is 19.0. The van der Waals surface area contributed by atoms with Crippen LogP contribution in [0.5, 0.6) is 0 Å². The molecule has 7 heteroatoms. The highest BCUT2D eigenvalue weighted by atomic mass is 19.1. The van der Waals surface area contributed by atoms with Crippen LogP contribution in [0.25, 0.3) is 10.9 Å². The van der Waals surface area contributed by atoms with Crippen LogP contribution in [0, 0.1) is 11.7 Å². The number of carbonyl (C=O) groups is 1. The van der Waals surface area contributed by atoms with E-state index in [0.29, 0.717) is 42.9 Å². The zero-order valence-corrected chi connectivity index (χ0v) is 15.8. The maximum atomic E-state index is 14.3. The van der Waals surface area contributed by atoms with Gasteiger partial charge >= 0.3 is 0 Å². The Labute approximate surface area is 158 Å². The lowest BCUT2D eigenvalue weighted by atomic mass is 9.94. The van der Waals surface area contributed by atoms with Gasteiger partial charge in [0, 0.05) is 32.1 Å². The van der Waals surface area contributed by atoms with Crippen molar-refractivity contribution in [2.45, 2.75) is 38.9 Å². The molecule has 0 radical (unpaired) electrons. The van der Waals surface area contributed by atoms with Crippen molar-refractivity contribution in [2.75, 3.05) is 31.1 Å². The standard InChI is InChI=1S/C20H25FN4O2/c1-13-10-25(11-14(2)27-13)20(26)15-6-8-24(9-7-15)19-18-16(21)4-3-5-17(18)22-12-23-19/h3-5,12-15H,6-11H2,1-2H3. The molecule has 1 aromatic carbocycles. The van der Waals surface area contributed by atoms with Gasteiger partial charge in [0.1, 0.15) is 18.0 Å². The highest BCUT2D eigenvalue weighted by Gasteiger charge is 2.33. The van der Waals surface area contributed by atoms with E-state index < -0.39 is 0 Å². The average Bonchev–Trinajstić information content (AvgIpc) is 2.67. The van der Waals surface area contributed by atoms with Gasteiger partial charge in [-0.15, -0.1) is 0 Å². The molecule has 0 bridgehead atoms. The lowest BCUT2D eigenvalue weighted by Crippen LogP contribution is -2.51. The van der Waals surface area contributed by atoms with Gasteiger partial charge in [-0.05, 0) is 38.8 Å². The zero-order valence-electron chi connectivity index (χ0n) is 15.8. The van der Waals surface area contributed by atoms with Crippen molar-refractivity contribution in [3.63, 3.8) is 0 Å². The summed E-state index contributed by atoms with van der Waals surface area (Å²) in [5.74, 6) is 0.544. The largest absolute Gasteiger partial charge is 0.372 e. The Bertz CT molecular complexity index is 823. The number of rotatable bonds is 2. The van der Waals surface area contributed by atoms with E-state index in [0.717, 1.165) is 12.8 Å². The first-order valence-electron chi connectivity index (χ1n) is 9.61. The summed E-state index contributed by atoms with van der Waals surface area (Å²) in [5.41, 5.74) is 0.606. The van der Waals surface area contributed by atoms with Crippen LogP contribution in [0.3, 0.4) is 0 Å². The van der Waals surface area contributed by atoms with Crippen LogP contribution in [0.1, 0.15) is 26.7 Å². The van der Waals surface area contributed by atoms with Crippen LogP contribution in [0.15, 0.2) is 24.5 Å². The molecule has 2 aromatic rings. The van der Waals surface area contributed by atoms with E-state index >= 15 is 0 Å². The van der Waals surface area contributed by atoms with Crippen LogP contribution >= 0.6 is 0 Å². The second-order valence-corrected chi connectivity index (χ2v) is 7.59. The van der Waals surface area contributed by atoms with Crippen molar-refractivity contribution in [1.29, 1.82) is 0 Å².